The minimum Gasteiger partial charge on any atom is -0.480 e. The molecular formula is C17H26N2O6. The largest absolute Gasteiger partial charge is 0.480 e. The molecule has 4 unspecified atom stereocenters. The van der Waals surface area contributed by atoms with Gasteiger partial charge in [-0.1, -0.05) is 13.8 Å². The van der Waals surface area contributed by atoms with Gasteiger partial charge in [0.15, 0.2) is 0 Å². The van der Waals surface area contributed by atoms with Crippen LogP contribution in [-0.4, -0.2) is 68.9 Å². The minimum absolute atomic E-state index is 0.249. The van der Waals surface area contributed by atoms with Crippen LogP contribution in [0.5, 0.6) is 0 Å². The van der Waals surface area contributed by atoms with E-state index >= 15 is 0 Å². The average molecular weight is 354 g/mol. The van der Waals surface area contributed by atoms with Crippen molar-refractivity contribution in [3.05, 3.63) is 0 Å². The molecule has 0 aromatic heterocycles. The standard InChI is InChI=1S/C17H26N2O6/c1-10(14(20)18-7-3-5-12(18)16(22)23)9-11(2)15(21)19-8-4-6-13(19)17(24)25/h10-13H,3-9H2,1-2H3,(H,22,23)(H,24,25). The molecule has 8 nitrogen and oxygen atoms in total. The summed E-state index contributed by atoms with van der Waals surface area (Å²) in [4.78, 5) is 50.4. The quantitative estimate of drug-likeness (QED) is 0.729. The monoisotopic (exact) mass is 354 g/mol. The van der Waals surface area contributed by atoms with Gasteiger partial charge in [-0.05, 0) is 32.1 Å². The molecule has 2 saturated heterocycles. The molecule has 2 amide bonds. The molecule has 0 bridgehead atoms. The maximum atomic E-state index is 12.6. The van der Waals surface area contributed by atoms with Gasteiger partial charge in [0, 0.05) is 24.9 Å². The van der Waals surface area contributed by atoms with E-state index in [2.05, 4.69) is 0 Å². The highest BCUT2D eigenvalue weighted by molar-refractivity contribution is 5.87. The third-order valence-electron chi connectivity index (χ3n) is 5.19. The molecule has 25 heavy (non-hydrogen) atoms. The van der Waals surface area contributed by atoms with Crippen LogP contribution < -0.4 is 0 Å². The van der Waals surface area contributed by atoms with Crippen molar-refractivity contribution in [2.75, 3.05) is 13.1 Å². The number of carboxylic acids is 2. The van der Waals surface area contributed by atoms with Crippen molar-refractivity contribution in [2.45, 2.75) is 58.0 Å². The van der Waals surface area contributed by atoms with E-state index in [-0.39, 0.29) is 18.2 Å². The fourth-order valence-corrected chi connectivity index (χ4v) is 3.87. The van der Waals surface area contributed by atoms with E-state index in [0.717, 1.165) is 0 Å². The molecule has 0 saturated carbocycles. The number of hydrogen-bond donors (Lipinski definition) is 2. The summed E-state index contributed by atoms with van der Waals surface area (Å²) in [5.41, 5.74) is 0. The first-order valence-corrected chi connectivity index (χ1v) is 8.80. The normalized spacial score (nSPS) is 25.7. The highest BCUT2D eigenvalue weighted by Gasteiger charge is 2.39. The topological polar surface area (TPSA) is 115 Å². The van der Waals surface area contributed by atoms with Crippen LogP contribution in [0.4, 0.5) is 0 Å². The van der Waals surface area contributed by atoms with Gasteiger partial charge >= 0.3 is 11.9 Å². The lowest BCUT2D eigenvalue weighted by molar-refractivity contribution is -0.151. The number of aliphatic carboxylic acids is 2. The first-order chi connectivity index (χ1) is 11.7. The summed E-state index contributed by atoms with van der Waals surface area (Å²) in [6.07, 6.45) is 2.52. The SMILES string of the molecule is CC(CC(C)C(=O)N1CCCC1C(=O)O)C(=O)N1CCCC1C(=O)O. The number of carboxylic acid groups (broad SMARTS) is 2. The first-order valence-electron chi connectivity index (χ1n) is 8.80. The maximum absolute atomic E-state index is 12.6. The fourth-order valence-electron chi connectivity index (χ4n) is 3.87. The van der Waals surface area contributed by atoms with E-state index in [0.29, 0.717) is 38.8 Å². The Morgan fingerprint density at radius 1 is 0.840 bits per heavy atom. The lowest BCUT2D eigenvalue weighted by Gasteiger charge is -2.28. The van der Waals surface area contributed by atoms with Crippen LogP contribution in [-0.2, 0) is 19.2 Å². The molecule has 2 fully saturated rings. The van der Waals surface area contributed by atoms with Crippen molar-refractivity contribution >= 4 is 23.8 Å². The predicted octanol–water partition coefficient (Wildman–Crippen LogP) is 0.800. The Labute approximate surface area is 146 Å². The first kappa shape index (κ1) is 19.2. The third kappa shape index (κ3) is 4.11. The van der Waals surface area contributed by atoms with Gasteiger partial charge in [0.2, 0.25) is 11.8 Å². The highest BCUT2D eigenvalue weighted by atomic mass is 16.4. The number of carbonyl (C=O) groups excluding carboxylic acids is 2. The second kappa shape index (κ2) is 7.84. The maximum Gasteiger partial charge on any atom is 0.326 e. The van der Waals surface area contributed by atoms with Crippen molar-refractivity contribution in [3.63, 3.8) is 0 Å². The van der Waals surface area contributed by atoms with Crippen LogP contribution in [0.25, 0.3) is 0 Å². The molecule has 2 aliphatic rings. The van der Waals surface area contributed by atoms with Gasteiger partial charge in [0.25, 0.3) is 0 Å². The Morgan fingerprint density at radius 2 is 1.20 bits per heavy atom. The molecule has 4 atom stereocenters. The Kier molecular flexibility index (Phi) is 6.02. The number of hydrogen-bond acceptors (Lipinski definition) is 4. The fraction of sp³-hybridized carbons (Fsp3) is 0.765. The van der Waals surface area contributed by atoms with Crippen molar-refractivity contribution in [2.24, 2.45) is 11.8 Å². The average Bonchev–Trinajstić information content (AvgIpc) is 3.21. The second-order valence-corrected chi connectivity index (χ2v) is 7.09. The van der Waals surface area contributed by atoms with E-state index < -0.39 is 35.9 Å². The van der Waals surface area contributed by atoms with Crippen LogP contribution in [0, 0.1) is 11.8 Å². The summed E-state index contributed by atoms with van der Waals surface area (Å²) in [5.74, 6) is -3.46. The Bertz CT molecular complexity index is 515. The van der Waals surface area contributed by atoms with Gasteiger partial charge in [-0.25, -0.2) is 9.59 Å². The molecule has 0 radical (unpaired) electrons. The molecule has 2 rings (SSSR count). The lowest BCUT2D eigenvalue weighted by Crippen LogP contribution is -2.45. The van der Waals surface area contributed by atoms with Crippen LogP contribution in [0.15, 0.2) is 0 Å². The number of nitrogens with zero attached hydrogens (tertiary/aromatic N) is 2. The molecule has 2 heterocycles. The summed E-state index contributed by atoms with van der Waals surface area (Å²) in [6, 6.07) is -1.56. The van der Waals surface area contributed by atoms with Crippen LogP contribution in [0.1, 0.15) is 46.0 Å². The van der Waals surface area contributed by atoms with Gasteiger partial charge in [0.05, 0.1) is 0 Å². The Hall–Kier alpha value is -2.12. The second-order valence-electron chi connectivity index (χ2n) is 7.09. The van der Waals surface area contributed by atoms with E-state index in [1.807, 2.05) is 0 Å². The minimum atomic E-state index is -0.997. The molecule has 0 spiro atoms. The van der Waals surface area contributed by atoms with Gasteiger partial charge in [0.1, 0.15) is 12.1 Å². The molecule has 0 aromatic carbocycles. The number of likely N-dealkylation sites (tertiary alicyclic amines) is 2. The number of rotatable bonds is 6. The summed E-state index contributed by atoms with van der Waals surface area (Å²) >= 11 is 0. The van der Waals surface area contributed by atoms with Crippen LogP contribution in [0.3, 0.4) is 0 Å². The molecule has 2 aliphatic heterocycles. The van der Waals surface area contributed by atoms with Crippen molar-refractivity contribution in [3.8, 4) is 0 Å². The number of carbonyl (C=O) groups is 4. The Balaban J connectivity index is 1.96. The van der Waals surface area contributed by atoms with E-state index in [1.165, 1.54) is 9.80 Å². The van der Waals surface area contributed by atoms with Gasteiger partial charge in [-0.15, -0.1) is 0 Å². The zero-order valence-electron chi connectivity index (χ0n) is 14.7. The zero-order valence-corrected chi connectivity index (χ0v) is 14.7. The van der Waals surface area contributed by atoms with Gasteiger partial charge in [-0.3, -0.25) is 9.59 Å². The summed E-state index contributed by atoms with van der Waals surface area (Å²) < 4.78 is 0. The van der Waals surface area contributed by atoms with Gasteiger partial charge in [-0.2, -0.15) is 0 Å². The highest BCUT2D eigenvalue weighted by Crippen LogP contribution is 2.26. The molecule has 0 aliphatic carbocycles. The smallest absolute Gasteiger partial charge is 0.326 e. The van der Waals surface area contributed by atoms with Gasteiger partial charge < -0.3 is 20.0 Å². The van der Waals surface area contributed by atoms with Crippen molar-refractivity contribution in [1.82, 2.24) is 9.80 Å². The van der Waals surface area contributed by atoms with Crippen LogP contribution in [0.2, 0.25) is 0 Å². The molecule has 0 aromatic rings. The molecule has 140 valence electrons. The van der Waals surface area contributed by atoms with Crippen LogP contribution >= 0.6 is 0 Å². The van der Waals surface area contributed by atoms with E-state index in [9.17, 15) is 29.4 Å². The Morgan fingerprint density at radius 3 is 1.52 bits per heavy atom. The zero-order chi connectivity index (χ0) is 18.7. The predicted molar refractivity (Wildman–Crippen MR) is 87.7 cm³/mol. The van der Waals surface area contributed by atoms with Crippen molar-refractivity contribution in [1.29, 1.82) is 0 Å². The lowest BCUT2D eigenvalue weighted by atomic mass is 9.94. The van der Waals surface area contributed by atoms with E-state index in [4.69, 9.17) is 0 Å². The van der Waals surface area contributed by atoms with E-state index in [1.54, 1.807) is 13.8 Å². The molecule has 2 N–H and O–H groups in total. The summed E-state index contributed by atoms with van der Waals surface area (Å²) in [5, 5.41) is 18.4. The number of amides is 2. The van der Waals surface area contributed by atoms with Crippen molar-refractivity contribution < 1.29 is 29.4 Å². The summed E-state index contributed by atoms with van der Waals surface area (Å²) in [6.45, 7) is 4.25. The molecular weight excluding hydrogens is 328 g/mol. The summed E-state index contributed by atoms with van der Waals surface area (Å²) in [7, 11) is 0. The molecule has 8 heteroatoms. The third-order valence-corrected chi connectivity index (χ3v) is 5.19.